The molecule has 0 spiro atoms. The monoisotopic (exact) mass is 305 g/mol. The Bertz CT molecular complexity index is 451. The molecule has 0 radical (unpaired) electrons. The lowest BCUT2D eigenvalue weighted by molar-refractivity contribution is -0.160. The van der Waals surface area contributed by atoms with Crippen LogP contribution in [0.1, 0.15) is 57.8 Å². The van der Waals surface area contributed by atoms with Gasteiger partial charge in [0.25, 0.3) is 0 Å². The van der Waals surface area contributed by atoms with E-state index in [9.17, 15) is 9.59 Å². The van der Waals surface area contributed by atoms with Crippen LogP contribution in [0.4, 0.5) is 0 Å². The first-order chi connectivity index (χ1) is 10.5. The summed E-state index contributed by atoms with van der Waals surface area (Å²) in [5.41, 5.74) is -0.0696. The Hall–Kier alpha value is -1.06. The van der Waals surface area contributed by atoms with Crippen molar-refractivity contribution in [2.24, 2.45) is 29.1 Å². The highest BCUT2D eigenvalue weighted by molar-refractivity contribution is 5.83. The lowest BCUT2D eigenvalue weighted by atomic mass is 9.49. The molecule has 1 amide bonds. The molecule has 1 unspecified atom stereocenters. The molecular formula is C18H27NO3. The van der Waals surface area contributed by atoms with Crippen molar-refractivity contribution in [2.75, 3.05) is 13.1 Å². The number of carbonyl (C=O) groups is 2. The van der Waals surface area contributed by atoms with Crippen molar-refractivity contribution in [2.45, 2.75) is 57.8 Å². The number of carboxylic acid groups (broad SMARTS) is 1. The zero-order chi connectivity index (χ0) is 15.3. The number of carboxylic acids is 1. The molecule has 4 heteroatoms. The maximum absolute atomic E-state index is 13.3. The van der Waals surface area contributed by atoms with Crippen molar-refractivity contribution in [3.63, 3.8) is 0 Å². The van der Waals surface area contributed by atoms with E-state index in [-0.39, 0.29) is 17.8 Å². The van der Waals surface area contributed by atoms with Crippen molar-refractivity contribution in [3.05, 3.63) is 0 Å². The molecule has 4 saturated carbocycles. The number of aliphatic carboxylic acids is 1. The van der Waals surface area contributed by atoms with Crippen LogP contribution in [0.2, 0.25) is 0 Å². The average molecular weight is 305 g/mol. The van der Waals surface area contributed by atoms with E-state index in [0.29, 0.717) is 12.5 Å². The number of rotatable bonds is 3. The second-order valence-electron chi connectivity index (χ2n) is 8.56. The Morgan fingerprint density at radius 3 is 2.18 bits per heavy atom. The molecule has 4 nitrogen and oxygen atoms in total. The largest absolute Gasteiger partial charge is 0.481 e. The summed E-state index contributed by atoms with van der Waals surface area (Å²) in [6.45, 7) is 1.52. The number of piperidine rings is 1. The second-order valence-corrected chi connectivity index (χ2v) is 8.56. The van der Waals surface area contributed by atoms with E-state index in [1.807, 2.05) is 4.90 Å². The molecule has 22 heavy (non-hydrogen) atoms. The van der Waals surface area contributed by atoms with Crippen LogP contribution in [0, 0.1) is 29.1 Å². The van der Waals surface area contributed by atoms with Crippen LogP contribution in [0.25, 0.3) is 0 Å². The molecule has 0 aromatic heterocycles. The minimum absolute atomic E-state index is 0.0696. The van der Waals surface area contributed by atoms with Crippen molar-refractivity contribution < 1.29 is 14.7 Å². The summed E-state index contributed by atoms with van der Waals surface area (Å²) in [4.78, 5) is 26.3. The van der Waals surface area contributed by atoms with Crippen LogP contribution >= 0.6 is 0 Å². The van der Waals surface area contributed by atoms with Gasteiger partial charge in [-0.15, -0.1) is 0 Å². The van der Waals surface area contributed by atoms with Crippen LogP contribution < -0.4 is 0 Å². The van der Waals surface area contributed by atoms with Crippen molar-refractivity contribution in [1.82, 2.24) is 4.90 Å². The van der Waals surface area contributed by atoms with E-state index in [1.54, 1.807) is 0 Å². The normalized spacial score (nSPS) is 43.4. The van der Waals surface area contributed by atoms with Crippen molar-refractivity contribution in [3.8, 4) is 0 Å². The van der Waals surface area contributed by atoms with Gasteiger partial charge in [0, 0.05) is 19.5 Å². The quantitative estimate of drug-likeness (QED) is 0.872. The van der Waals surface area contributed by atoms with Gasteiger partial charge < -0.3 is 10.0 Å². The molecule has 4 bridgehead atoms. The van der Waals surface area contributed by atoms with E-state index < -0.39 is 5.97 Å². The molecule has 122 valence electrons. The molecule has 0 aromatic carbocycles. The highest BCUT2D eigenvalue weighted by atomic mass is 16.4. The first-order valence-corrected chi connectivity index (χ1v) is 9.05. The summed E-state index contributed by atoms with van der Waals surface area (Å²) >= 11 is 0. The minimum atomic E-state index is -0.728. The van der Waals surface area contributed by atoms with Crippen LogP contribution in [0.3, 0.4) is 0 Å². The van der Waals surface area contributed by atoms with Gasteiger partial charge in [0.05, 0.1) is 5.41 Å². The standard InChI is InChI=1S/C18H27NO3/c20-16(21)7-12-2-1-3-19(11-12)17(22)18-8-13-4-14(9-18)6-15(5-13)10-18/h12-15H,1-11H2,(H,20,21). The van der Waals surface area contributed by atoms with Gasteiger partial charge in [0.1, 0.15) is 0 Å². The highest BCUT2D eigenvalue weighted by Gasteiger charge is 2.55. The molecule has 1 atom stereocenters. The molecule has 0 aromatic rings. The molecule has 1 N–H and O–H groups in total. The summed E-state index contributed by atoms with van der Waals surface area (Å²) in [6, 6.07) is 0. The first-order valence-electron chi connectivity index (χ1n) is 9.05. The van der Waals surface area contributed by atoms with E-state index in [0.717, 1.165) is 56.4 Å². The Balaban J connectivity index is 1.48. The summed E-state index contributed by atoms with van der Waals surface area (Å²) in [7, 11) is 0. The van der Waals surface area contributed by atoms with E-state index in [4.69, 9.17) is 5.11 Å². The first kappa shape index (κ1) is 14.5. The fraction of sp³-hybridized carbons (Fsp3) is 0.889. The van der Waals surface area contributed by atoms with Crippen LogP contribution in [-0.2, 0) is 9.59 Å². The molecule has 4 aliphatic carbocycles. The Labute approximate surface area is 132 Å². The van der Waals surface area contributed by atoms with Gasteiger partial charge in [0.15, 0.2) is 0 Å². The maximum Gasteiger partial charge on any atom is 0.303 e. The Morgan fingerprint density at radius 2 is 1.64 bits per heavy atom. The second kappa shape index (κ2) is 5.24. The number of nitrogens with zero attached hydrogens (tertiary/aromatic N) is 1. The lowest BCUT2D eigenvalue weighted by Crippen LogP contribution is -2.56. The van der Waals surface area contributed by atoms with Crippen LogP contribution in [0.15, 0.2) is 0 Å². The predicted molar refractivity (Wildman–Crippen MR) is 82.2 cm³/mol. The topological polar surface area (TPSA) is 57.6 Å². The SMILES string of the molecule is O=C(O)CC1CCCN(C(=O)C23CC4CC(CC(C4)C2)C3)C1. The molecular weight excluding hydrogens is 278 g/mol. The van der Waals surface area contributed by atoms with Crippen molar-refractivity contribution in [1.29, 1.82) is 0 Å². The van der Waals surface area contributed by atoms with Gasteiger partial charge in [-0.25, -0.2) is 0 Å². The number of hydrogen-bond acceptors (Lipinski definition) is 2. The number of hydrogen-bond donors (Lipinski definition) is 1. The summed E-state index contributed by atoms with van der Waals surface area (Å²) in [5.74, 6) is 2.17. The molecule has 5 fully saturated rings. The highest BCUT2D eigenvalue weighted by Crippen LogP contribution is 2.60. The van der Waals surface area contributed by atoms with E-state index in [2.05, 4.69) is 0 Å². The van der Waals surface area contributed by atoms with Crippen LogP contribution in [-0.4, -0.2) is 35.0 Å². The lowest BCUT2D eigenvalue weighted by Gasteiger charge is -2.57. The summed E-state index contributed by atoms with van der Waals surface area (Å²) in [6.07, 6.45) is 9.53. The van der Waals surface area contributed by atoms with Gasteiger partial charge in [-0.05, 0) is 75.0 Å². The Kier molecular flexibility index (Phi) is 3.46. The smallest absolute Gasteiger partial charge is 0.303 e. The third-order valence-corrected chi connectivity index (χ3v) is 6.76. The van der Waals surface area contributed by atoms with E-state index >= 15 is 0 Å². The number of amides is 1. The third kappa shape index (κ3) is 2.44. The fourth-order valence-electron chi connectivity index (χ4n) is 6.37. The zero-order valence-corrected chi connectivity index (χ0v) is 13.3. The van der Waals surface area contributed by atoms with Crippen LogP contribution in [0.5, 0.6) is 0 Å². The molecule has 5 aliphatic rings. The van der Waals surface area contributed by atoms with Crippen molar-refractivity contribution >= 4 is 11.9 Å². The number of likely N-dealkylation sites (tertiary alicyclic amines) is 1. The predicted octanol–water partition coefficient (Wildman–Crippen LogP) is 2.92. The molecule has 1 aliphatic heterocycles. The fourth-order valence-corrected chi connectivity index (χ4v) is 6.37. The van der Waals surface area contributed by atoms with Gasteiger partial charge in [0.2, 0.25) is 5.91 Å². The Morgan fingerprint density at radius 1 is 1.05 bits per heavy atom. The average Bonchev–Trinajstić information content (AvgIpc) is 2.44. The minimum Gasteiger partial charge on any atom is -0.481 e. The molecule has 1 saturated heterocycles. The van der Waals surface area contributed by atoms with E-state index in [1.165, 1.54) is 19.3 Å². The maximum atomic E-state index is 13.3. The summed E-state index contributed by atoms with van der Waals surface area (Å²) < 4.78 is 0. The van der Waals surface area contributed by atoms with Gasteiger partial charge in [-0.3, -0.25) is 9.59 Å². The zero-order valence-electron chi connectivity index (χ0n) is 13.3. The summed E-state index contributed by atoms with van der Waals surface area (Å²) in [5, 5.41) is 9.02. The van der Waals surface area contributed by atoms with Gasteiger partial charge >= 0.3 is 5.97 Å². The third-order valence-electron chi connectivity index (χ3n) is 6.76. The molecule has 1 heterocycles. The van der Waals surface area contributed by atoms with Gasteiger partial charge in [-0.1, -0.05) is 0 Å². The van der Waals surface area contributed by atoms with Gasteiger partial charge in [-0.2, -0.15) is 0 Å². The number of carbonyl (C=O) groups excluding carboxylic acids is 1. The molecule has 5 rings (SSSR count).